The van der Waals surface area contributed by atoms with Crippen molar-refractivity contribution in [1.29, 1.82) is 0 Å². The largest absolute Gasteiger partial charge is 0.506 e. The number of hydrogen-bond donors (Lipinski definition) is 2. The van der Waals surface area contributed by atoms with Gasteiger partial charge in [-0.1, -0.05) is 23.7 Å². The molecule has 0 spiro atoms. The number of nitro benzene ring substituents is 1. The number of carbonyl (C=O) groups is 1. The van der Waals surface area contributed by atoms with Crippen molar-refractivity contribution in [3.63, 3.8) is 0 Å². The Kier molecular flexibility index (Phi) is 4.70. The van der Waals surface area contributed by atoms with Crippen LogP contribution in [0.1, 0.15) is 15.9 Å². The summed E-state index contributed by atoms with van der Waals surface area (Å²) in [5, 5.41) is 23.7. The number of nitro groups is 1. The van der Waals surface area contributed by atoms with E-state index in [1.807, 2.05) is 0 Å². The second kappa shape index (κ2) is 6.68. The summed E-state index contributed by atoms with van der Waals surface area (Å²) in [7, 11) is 0. The van der Waals surface area contributed by atoms with E-state index in [1.54, 1.807) is 6.07 Å². The second-order valence-electron chi connectivity index (χ2n) is 4.22. The molecule has 0 aliphatic heterocycles. The number of benzene rings is 2. The van der Waals surface area contributed by atoms with Crippen LogP contribution in [0.15, 0.2) is 47.6 Å². The van der Waals surface area contributed by atoms with E-state index in [-0.39, 0.29) is 22.0 Å². The summed E-state index contributed by atoms with van der Waals surface area (Å²) in [6.07, 6.45) is 1.28. The fraction of sp³-hybridized carbons (Fsp3) is 0. The van der Waals surface area contributed by atoms with Crippen LogP contribution < -0.4 is 5.43 Å². The highest BCUT2D eigenvalue weighted by Gasteiger charge is 2.07. The van der Waals surface area contributed by atoms with Gasteiger partial charge in [0.25, 0.3) is 11.6 Å². The fourth-order valence-corrected chi connectivity index (χ4v) is 1.78. The first-order valence-electron chi connectivity index (χ1n) is 6.04. The lowest BCUT2D eigenvalue weighted by molar-refractivity contribution is -0.384. The summed E-state index contributed by atoms with van der Waals surface area (Å²) < 4.78 is 0. The van der Waals surface area contributed by atoms with Crippen molar-refractivity contribution < 1.29 is 14.8 Å². The number of nitrogens with one attached hydrogen (secondary N) is 1. The van der Waals surface area contributed by atoms with Gasteiger partial charge in [-0.25, -0.2) is 5.43 Å². The molecule has 8 heteroatoms. The van der Waals surface area contributed by atoms with E-state index in [0.29, 0.717) is 5.56 Å². The van der Waals surface area contributed by atoms with Crippen molar-refractivity contribution in [1.82, 2.24) is 5.43 Å². The number of phenols is 1. The highest BCUT2D eigenvalue weighted by Crippen LogP contribution is 2.23. The standard InChI is InChI=1S/C14H10ClN3O4/c15-12-7-10(4-5-13(12)19)14(20)17-16-8-9-2-1-3-11(6-9)18(21)22/h1-8,19H,(H,17,20). The zero-order chi connectivity index (χ0) is 16.1. The van der Waals surface area contributed by atoms with Crippen LogP contribution in [0, 0.1) is 10.1 Å². The molecule has 0 unspecified atom stereocenters. The molecule has 0 aliphatic rings. The molecule has 0 radical (unpaired) electrons. The van der Waals surface area contributed by atoms with Crippen molar-refractivity contribution in [2.75, 3.05) is 0 Å². The van der Waals surface area contributed by atoms with Crippen LogP contribution in [-0.4, -0.2) is 22.2 Å². The van der Waals surface area contributed by atoms with E-state index in [4.69, 9.17) is 11.6 Å². The van der Waals surface area contributed by atoms with Crippen LogP contribution >= 0.6 is 11.6 Å². The van der Waals surface area contributed by atoms with Crippen molar-refractivity contribution >= 4 is 29.4 Å². The lowest BCUT2D eigenvalue weighted by Gasteiger charge is -2.01. The van der Waals surface area contributed by atoms with Gasteiger partial charge in [-0.3, -0.25) is 14.9 Å². The second-order valence-corrected chi connectivity index (χ2v) is 4.62. The monoisotopic (exact) mass is 319 g/mol. The Morgan fingerprint density at radius 1 is 1.32 bits per heavy atom. The van der Waals surface area contributed by atoms with Gasteiger partial charge in [0.15, 0.2) is 0 Å². The highest BCUT2D eigenvalue weighted by molar-refractivity contribution is 6.32. The van der Waals surface area contributed by atoms with Crippen LogP contribution in [-0.2, 0) is 0 Å². The van der Waals surface area contributed by atoms with E-state index < -0.39 is 10.8 Å². The van der Waals surface area contributed by atoms with Gasteiger partial charge in [0.1, 0.15) is 5.75 Å². The summed E-state index contributed by atoms with van der Waals surface area (Å²) in [4.78, 5) is 21.9. The van der Waals surface area contributed by atoms with E-state index in [2.05, 4.69) is 10.5 Å². The Labute approximate surface area is 130 Å². The first-order chi connectivity index (χ1) is 10.5. The maximum Gasteiger partial charge on any atom is 0.271 e. The summed E-state index contributed by atoms with van der Waals surface area (Å²) in [5.41, 5.74) is 2.89. The van der Waals surface area contributed by atoms with Crippen LogP contribution in [0.25, 0.3) is 0 Å². The molecule has 2 rings (SSSR count). The van der Waals surface area contributed by atoms with E-state index in [9.17, 15) is 20.0 Å². The van der Waals surface area contributed by atoms with Gasteiger partial charge in [0, 0.05) is 23.3 Å². The Hall–Kier alpha value is -2.93. The summed E-state index contributed by atoms with van der Waals surface area (Å²) in [6.45, 7) is 0. The van der Waals surface area contributed by atoms with Crippen LogP contribution in [0.3, 0.4) is 0 Å². The van der Waals surface area contributed by atoms with Crippen LogP contribution in [0.4, 0.5) is 5.69 Å². The Morgan fingerprint density at radius 2 is 2.09 bits per heavy atom. The minimum atomic E-state index is -0.524. The average molecular weight is 320 g/mol. The van der Waals surface area contributed by atoms with E-state index >= 15 is 0 Å². The van der Waals surface area contributed by atoms with Gasteiger partial charge in [-0.05, 0) is 18.2 Å². The minimum Gasteiger partial charge on any atom is -0.506 e. The normalized spacial score (nSPS) is 10.6. The zero-order valence-corrected chi connectivity index (χ0v) is 11.8. The highest BCUT2D eigenvalue weighted by atomic mass is 35.5. The first kappa shape index (κ1) is 15.5. The SMILES string of the molecule is O=C(NN=Cc1cccc([N+](=O)[O-])c1)c1ccc(O)c(Cl)c1. The number of hydrogen-bond acceptors (Lipinski definition) is 5. The van der Waals surface area contributed by atoms with Crippen molar-refractivity contribution in [3.05, 3.63) is 68.7 Å². The topological polar surface area (TPSA) is 105 Å². The molecule has 2 aromatic carbocycles. The number of amides is 1. The number of rotatable bonds is 4. The van der Waals surface area contributed by atoms with Crippen LogP contribution in [0.5, 0.6) is 5.75 Å². The molecule has 7 nitrogen and oxygen atoms in total. The molecule has 0 atom stereocenters. The molecule has 1 amide bonds. The number of hydrazone groups is 1. The maximum absolute atomic E-state index is 11.8. The molecular weight excluding hydrogens is 310 g/mol. The van der Waals surface area contributed by atoms with Crippen LogP contribution in [0.2, 0.25) is 5.02 Å². The Balaban J connectivity index is 2.05. The summed E-state index contributed by atoms with van der Waals surface area (Å²) in [6, 6.07) is 9.79. The molecule has 0 aromatic heterocycles. The molecule has 0 saturated carbocycles. The summed E-state index contributed by atoms with van der Waals surface area (Å²) in [5.74, 6) is -0.651. The lowest BCUT2D eigenvalue weighted by Crippen LogP contribution is -2.17. The third-order valence-corrected chi connectivity index (χ3v) is 2.97. The minimum absolute atomic E-state index is 0.0512. The zero-order valence-electron chi connectivity index (χ0n) is 11.1. The molecule has 2 N–H and O–H groups in total. The Bertz CT molecular complexity index is 762. The van der Waals surface area contributed by atoms with E-state index in [1.165, 1.54) is 42.6 Å². The van der Waals surface area contributed by atoms with Crippen molar-refractivity contribution in [2.45, 2.75) is 0 Å². The third kappa shape index (κ3) is 3.80. The molecule has 22 heavy (non-hydrogen) atoms. The first-order valence-corrected chi connectivity index (χ1v) is 6.41. The molecule has 0 heterocycles. The molecule has 2 aromatic rings. The quantitative estimate of drug-likeness (QED) is 0.513. The van der Waals surface area contributed by atoms with Gasteiger partial charge in [0.05, 0.1) is 16.2 Å². The number of aromatic hydroxyl groups is 1. The van der Waals surface area contributed by atoms with Gasteiger partial charge >= 0.3 is 0 Å². The molecule has 112 valence electrons. The van der Waals surface area contributed by atoms with Gasteiger partial charge in [-0.2, -0.15) is 5.10 Å². The average Bonchev–Trinajstić information content (AvgIpc) is 2.50. The predicted octanol–water partition coefficient (Wildman–Crippen LogP) is 2.72. The number of carbonyl (C=O) groups excluding carboxylic acids is 1. The number of non-ortho nitro benzene ring substituents is 1. The van der Waals surface area contributed by atoms with Crippen molar-refractivity contribution in [3.8, 4) is 5.75 Å². The van der Waals surface area contributed by atoms with E-state index in [0.717, 1.165) is 0 Å². The smallest absolute Gasteiger partial charge is 0.271 e. The predicted molar refractivity (Wildman–Crippen MR) is 81.3 cm³/mol. The molecule has 0 fully saturated rings. The lowest BCUT2D eigenvalue weighted by atomic mass is 10.2. The number of nitrogens with zero attached hydrogens (tertiary/aromatic N) is 2. The number of phenolic OH excluding ortho intramolecular Hbond substituents is 1. The molecular formula is C14H10ClN3O4. The van der Waals surface area contributed by atoms with Gasteiger partial charge in [-0.15, -0.1) is 0 Å². The van der Waals surface area contributed by atoms with Gasteiger partial charge < -0.3 is 5.11 Å². The summed E-state index contributed by atoms with van der Waals surface area (Å²) >= 11 is 5.70. The van der Waals surface area contributed by atoms with Crippen molar-refractivity contribution in [2.24, 2.45) is 5.10 Å². The number of halogens is 1. The van der Waals surface area contributed by atoms with Gasteiger partial charge in [0.2, 0.25) is 0 Å². The molecule has 0 aliphatic carbocycles. The fourth-order valence-electron chi connectivity index (χ4n) is 1.60. The Morgan fingerprint density at radius 3 is 2.77 bits per heavy atom. The maximum atomic E-state index is 11.8. The molecule has 0 saturated heterocycles. The third-order valence-electron chi connectivity index (χ3n) is 2.67. The molecule has 0 bridgehead atoms.